The van der Waals surface area contributed by atoms with Crippen LogP contribution in [0.4, 0.5) is 0 Å². The van der Waals surface area contributed by atoms with Crippen LogP contribution in [0.5, 0.6) is 5.75 Å². The molecule has 0 amide bonds. The fourth-order valence-electron chi connectivity index (χ4n) is 1.67. The van der Waals surface area contributed by atoms with E-state index < -0.39 is 0 Å². The summed E-state index contributed by atoms with van der Waals surface area (Å²) in [5.74, 6) is 0.859. The number of nitrogens with one attached hydrogen (secondary N) is 1. The fraction of sp³-hybridized carbons (Fsp3) is 0.308. The van der Waals surface area contributed by atoms with Crippen molar-refractivity contribution in [2.45, 2.75) is 20.0 Å². The number of hydrogen-bond donors (Lipinski definition) is 1. The number of aromatic nitrogens is 1. The largest absolute Gasteiger partial charge is 0.497 e. The van der Waals surface area contributed by atoms with Gasteiger partial charge in [-0.25, -0.2) is 0 Å². The van der Waals surface area contributed by atoms with Crippen molar-refractivity contribution in [1.29, 1.82) is 0 Å². The molecule has 2 aromatic heterocycles. The number of ether oxygens (including phenoxy) is 1. The number of rotatable bonds is 5. The molecule has 2 aromatic rings. The lowest BCUT2D eigenvalue weighted by atomic mass is 10.3. The zero-order valence-electron chi connectivity index (χ0n) is 10.4. The standard InChI is InChI=1S/C13H15BrN2OS/c1-9-5-11(17-2)6-10(16-9)7-15-8-12-3-4-13(14)18-12/h3-6,15H,7-8H2,1-2H3. The Kier molecular flexibility index (Phi) is 4.74. The summed E-state index contributed by atoms with van der Waals surface area (Å²) in [6, 6.07) is 8.08. The van der Waals surface area contributed by atoms with Crippen molar-refractivity contribution in [3.8, 4) is 5.75 Å². The number of aryl methyl sites for hydroxylation is 1. The van der Waals surface area contributed by atoms with Gasteiger partial charge >= 0.3 is 0 Å². The van der Waals surface area contributed by atoms with Crippen LogP contribution in [0.25, 0.3) is 0 Å². The van der Waals surface area contributed by atoms with Gasteiger partial charge in [-0.3, -0.25) is 4.98 Å². The van der Waals surface area contributed by atoms with Crippen LogP contribution < -0.4 is 10.1 Å². The molecular weight excluding hydrogens is 312 g/mol. The van der Waals surface area contributed by atoms with E-state index in [9.17, 15) is 0 Å². The zero-order valence-corrected chi connectivity index (χ0v) is 12.8. The highest BCUT2D eigenvalue weighted by Gasteiger charge is 2.01. The summed E-state index contributed by atoms with van der Waals surface area (Å²) in [5.41, 5.74) is 1.98. The topological polar surface area (TPSA) is 34.1 Å². The molecule has 0 bridgehead atoms. The van der Waals surface area contributed by atoms with Crippen LogP contribution in [0.3, 0.4) is 0 Å². The van der Waals surface area contributed by atoms with Crippen molar-refractivity contribution >= 4 is 27.3 Å². The van der Waals surface area contributed by atoms with Gasteiger partial charge in [0.25, 0.3) is 0 Å². The minimum atomic E-state index is 0.744. The number of nitrogens with zero attached hydrogens (tertiary/aromatic N) is 1. The summed E-state index contributed by atoms with van der Waals surface area (Å²) < 4.78 is 6.39. The molecule has 2 heterocycles. The molecule has 3 nitrogen and oxygen atoms in total. The highest BCUT2D eigenvalue weighted by atomic mass is 79.9. The van der Waals surface area contributed by atoms with Crippen molar-refractivity contribution in [2.24, 2.45) is 0 Å². The fourth-order valence-corrected chi connectivity index (χ4v) is 3.12. The third-order valence-electron chi connectivity index (χ3n) is 2.45. The van der Waals surface area contributed by atoms with E-state index in [1.807, 2.05) is 19.1 Å². The molecule has 0 aromatic carbocycles. The van der Waals surface area contributed by atoms with Crippen molar-refractivity contribution in [1.82, 2.24) is 10.3 Å². The summed E-state index contributed by atoms with van der Waals surface area (Å²) >= 11 is 5.20. The Labute approximate surface area is 119 Å². The second-order valence-electron chi connectivity index (χ2n) is 3.95. The van der Waals surface area contributed by atoms with Crippen LogP contribution in [0.15, 0.2) is 28.1 Å². The molecule has 0 spiro atoms. The number of pyridine rings is 1. The van der Waals surface area contributed by atoms with E-state index in [0.29, 0.717) is 0 Å². The van der Waals surface area contributed by atoms with Gasteiger partial charge in [0, 0.05) is 35.8 Å². The van der Waals surface area contributed by atoms with Crippen molar-refractivity contribution in [2.75, 3.05) is 7.11 Å². The zero-order chi connectivity index (χ0) is 13.0. The van der Waals surface area contributed by atoms with Gasteiger partial charge in [-0.15, -0.1) is 11.3 Å². The predicted octanol–water partition coefficient (Wildman–Crippen LogP) is 3.51. The third kappa shape index (κ3) is 3.80. The lowest BCUT2D eigenvalue weighted by Crippen LogP contribution is -2.13. The van der Waals surface area contributed by atoms with Gasteiger partial charge in [0.2, 0.25) is 0 Å². The number of halogens is 1. The average Bonchev–Trinajstić information content (AvgIpc) is 2.74. The van der Waals surface area contributed by atoms with Crippen LogP contribution in [0.2, 0.25) is 0 Å². The molecule has 5 heteroatoms. The maximum Gasteiger partial charge on any atom is 0.122 e. The Hall–Kier alpha value is -0.910. The molecular formula is C13H15BrN2OS. The van der Waals surface area contributed by atoms with Crippen LogP contribution in [-0.4, -0.2) is 12.1 Å². The maximum atomic E-state index is 5.23. The summed E-state index contributed by atoms with van der Waals surface area (Å²) in [6.45, 7) is 3.57. The summed E-state index contributed by atoms with van der Waals surface area (Å²) in [6.07, 6.45) is 0. The van der Waals surface area contributed by atoms with Crippen LogP contribution in [-0.2, 0) is 13.1 Å². The van der Waals surface area contributed by atoms with Gasteiger partial charge in [0.05, 0.1) is 16.6 Å². The lowest BCUT2D eigenvalue weighted by molar-refractivity contribution is 0.412. The molecule has 0 saturated heterocycles. The predicted molar refractivity (Wildman–Crippen MR) is 78.1 cm³/mol. The minimum Gasteiger partial charge on any atom is -0.497 e. The average molecular weight is 327 g/mol. The molecule has 0 saturated carbocycles. The van der Waals surface area contributed by atoms with Gasteiger partial charge < -0.3 is 10.1 Å². The van der Waals surface area contributed by atoms with Gasteiger partial charge in [-0.05, 0) is 35.0 Å². The Morgan fingerprint density at radius 1 is 1.33 bits per heavy atom. The molecule has 0 atom stereocenters. The van der Waals surface area contributed by atoms with Crippen LogP contribution in [0.1, 0.15) is 16.3 Å². The summed E-state index contributed by atoms with van der Waals surface area (Å²) in [7, 11) is 1.68. The SMILES string of the molecule is COc1cc(C)nc(CNCc2ccc(Br)s2)c1. The van der Waals surface area contributed by atoms with E-state index in [1.54, 1.807) is 18.4 Å². The van der Waals surface area contributed by atoms with Crippen LogP contribution in [0, 0.1) is 6.92 Å². The molecule has 0 unspecified atom stereocenters. The lowest BCUT2D eigenvalue weighted by Gasteiger charge is -2.06. The van der Waals surface area contributed by atoms with Crippen LogP contribution >= 0.6 is 27.3 Å². The molecule has 1 N–H and O–H groups in total. The van der Waals surface area contributed by atoms with E-state index in [4.69, 9.17) is 4.74 Å². The minimum absolute atomic E-state index is 0.744. The first-order valence-corrected chi connectivity index (χ1v) is 7.25. The Balaban J connectivity index is 1.91. The first-order chi connectivity index (χ1) is 8.67. The van der Waals surface area contributed by atoms with E-state index in [-0.39, 0.29) is 0 Å². The second-order valence-corrected chi connectivity index (χ2v) is 6.50. The quantitative estimate of drug-likeness (QED) is 0.912. The monoisotopic (exact) mass is 326 g/mol. The van der Waals surface area contributed by atoms with E-state index in [1.165, 1.54) is 4.88 Å². The van der Waals surface area contributed by atoms with Crippen molar-refractivity contribution < 1.29 is 4.74 Å². The third-order valence-corrected chi connectivity index (χ3v) is 4.07. The Morgan fingerprint density at radius 2 is 2.17 bits per heavy atom. The smallest absolute Gasteiger partial charge is 0.122 e. The van der Waals surface area contributed by atoms with Gasteiger partial charge in [0.15, 0.2) is 0 Å². The van der Waals surface area contributed by atoms with Crippen molar-refractivity contribution in [3.05, 3.63) is 44.3 Å². The molecule has 0 aliphatic rings. The first kappa shape index (κ1) is 13.5. The maximum absolute atomic E-state index is 5.23. The number of hydrogen-bond acceptors (Lipinski definition) is 4. The second kappa shape index (κ2) is 6.31. The molecule has 0 fully saturated rings. The first-order valence-electron chi connectivity index (χ1n) is 5.64. The Morgan fingerprint density at radius 3 is 2.83 bits per heavy atom. The van der Waals surface area contributed by atoms with Crippen molar-refractivity contribution in [3.63, 3.8) is 0 Å². The van der Waals surface area contributed by atoms with E-state index in [2.05, 4.69) is 38.4 Å². The number of methoxy groups -OCH3 is 1. The molecule has 2 rings (SSSR count). The molecule has 18 heavy (non-hydrogen) atoms. The summed E-state index contributed by atoms with van der Waals surface area (Å²) in [4.78, 5) is 5.78. The van der Waals surface area contributed by atoms with E-state index >= 15 is 0 Å². The van der Waals surface area contributed by atoms with Gasteiger partial charge in [0.1, 0.15) is 5.75 Å². The summed E-state index contributed by atoms with van der Waals surface area (Å²) in [5, 5.41) is 3.38. The molecule has 0 radical (unpaired) electrons. The molecule has 0 aliphatic carbocycles. The highest BCUT2D eigenvalue weighted by Crippen LogP contribution is 2.21. The van der Waals surface area contributed by atoms with Gasteiger partial charge in [-0.1, -0.05) is 0 Å². The highest BCUT2D eigenvalue weighted by molar-refractivity contribution is 9.11. The van der Waals surface area contributed by atoms with Gasteiger partial charge in [-0.2, -0.15) is 0 Å². The Bertz CT molecular complexity index is 527. The normalized spacial score (nSPS) is 10.6. The number of thiophene rings is 1. The molecule has 0 aliphatic heterocycles. The van der Waals surface area contributed by atoms with E-state index in [0.717, 1.165) is 34.0 Å². The molecule has 96 valence electrons.